The van der Waals surface area contributed by atoms with Gasteiger partial charge in [-0.3, -0.25) is 0 Å². The first-order valence-electron chi connectivity index (χ1n) is 21.1. The number of benzene rings is 10. The maximum atomic E-state index is 6.78. The Morgan fingerprint density at radius 1 is 0.419 bits per heavy atom. The number of rotatable bonds is 6. The second-order valence-electron chi connectivity index (χ2n) is 16.0. The second kappa shape index (κ2) is 13.8. The standard InChI is InChI=1S/C58H36N2OS/c1-2-16-44-38(12-1)13-10-19-45(44)39-30-32-42(33-31-39)59(53-23-11-20-50-48-18-4-8-25-55(48)62-58(50)53)43-15-9-14-41(36-43)37-26-28-40(29-27-37)46-34-35-49-47-17-3-5-21-51(47)60-52-22-6-7-24-54(52)61-57(46)56(49)60/h1-36H. The second-order valence-corrected chi connectivity index (χ2v) is 17.1. The highest BCUT2D eigenvalue weighted by Gasteiger charge is 2.26. The summed E-state index contributed by atoms with van der Waals surface area (Å²) in [6.07, 6.45) is 0. The number of aromatic nitrogens is 1. The third kappa shape index (κ3) is 5.37. The SMILES string of the molecule is c1cc(-c2ccc(-c3ccc4c5ccccc5n5c4c3Oc3ccccc3-5)cc2)cc(N(c2ccc(-c3cccc4ccccc34)cc2)c2cccc3c2sc2ccccc23)c1. The van der Waals surface area contributed by atoms with Crippen LogP contribution in [0.5, 0.6) is 11.5 Å². The number of ether oxygens (including phenoxy) is 1. The summed E-state index contributed by atoms with van der Waals surface area (Å²) in [7, 11) is 0. The Labute approximate surface area is 362 Å². The maximum Gasteiger partial charge on any atom is 0.160 e. The Hall–Kier alpha value is -7.92. The van der Waals surface area contributed by atoms with Gasteiger partial charge in [0.1, 0.15) is 0 Å². The Kier molecular flexibility index (Phi) is 7.78. The lowest BCUT2D eigenvalue weighted by Gasteiger charge is -2.27. The molecule has 0 N–H and O–H groups in total. The quantitative estimate of drug-likeness (QED) is 0.166. The highest BCUT2D eigenvalue weighted by Crippen LogP contribution is 2.50. The average molecular weight is 809 g/mol. The highest BCUT2D eigenvalue weighted by atomic mass is 32.1. The van der Waals surface area contributed by atoms with Crippen LogP contribution in [0.4, 0.5) is 17.1 Å². The van der Waals surface area contributed by atoms with E-state index in [4.69, 9.17) is 4.74 Å². The third-order valence-electron chi connectivity index (χ3n) is 12.6. The van der Waals surface area contributed by atoms with Crippen molar-refractivity contribution in [1.82, 2.24) is 4.57 Å². The fraction of sp³-hybridized carbons (Fsp3) is 0. The van der Waals surface area contributed by atoms with Gasteiger partial charge in [0.15, 0.2) is 11.5 Å². The van der Waals surface area contributed by atoms with Crippen LogP contribution in [0.15, 0.2) is 218 Å². The minimum absolute atomic E-state index is 0.864. The molecule has 4 heteroatoms. The van der Waals surface area contributed by atoms with Gasteiger partial charge in [0.2, 0.25) is 0 Å². The zero-order valence-corrected chi connectivity index (χ0v) is 34.3. The van der Waals surface area contributed by atoms with Crippen molar-refractivity contribution in [3.63, 3.8) is 0 Å². The minimum atomic E-state index is 0.864. The van der Waals surface area contributed by atoms with Gasteiger partial charge in [0.05, 0.1) is 27.1 Å². The summed E-state index contributed by atoms with van der Waals surface area (Å²) in [6.45, 7) is 0. The van der Waals surface area contributed by atoms with Crippen LogP contribution in [0, 0.1) is 0 Å². The van der Waals surface area contributed by atoms with Crippen molar-refractivity contribution >= 4 is 81.1 Å². The van der Waals surface area contributed by atoms with E-state index in [0.29, 0.717) is 0 Å². The number of thiophene rings is 1. The van der Waals surface area contributed by atoms with E-state index in [1.54, 1.807) is 0 Å². The fourth-order valence-electron chi connectivity index (χ4n) is 9.72. The van der Waals surface area contributed by atoms with Crippen LogP contribution >= 0.6 is 11.3 Å². The summed E-state index contributed by atoms with van der Waals surface area (Å²) >= 11 is 1.86. The first-order chi connectivity index (χ1) is 30.7. The number of nitrogens with zero attached hydrogens (tertiary/aromatic N) is 2. The number of hydrogen-bond donors (Lipinski definition) is 0. The average Bonchev–Trinajstić information content (AvgIpc) is 3.90. The first kappa shape index (κ1) is 34.9. The Bertz CT molecular complexity index is 3720. The van der Waals surface area contributed by atoms with E-state index < -0.39 is 0 Å². The molecule has 62 heavy (non-hydrogen) atoms. The van der Waals surface area contributed by atoms with Crippen LogP contribution in [-0.2, 0) is 0 Å². The molecule has 0 amide bonds. The summed E-state index contributed by atoms with van der Waals surface area (Å²) < 4.78 is 11.7. The minimum Gasteiger partial charge on any atom is -0.452 e. The first-order valence-corrected chi connectivity index (χ1v) is 21.9. The van der Waals surface area contributed by atoms with E-state index in [2.05, 4.69) is 222 Å². The van der Waals surface area contributed by atoms with Gasteiger partial charge < -0.3 is 14.2 Å². The van der Waals surface area contributed by atoms with Gasteiger partial charge in [-0.15, -0.1) is 11.3 Å². The third-order valence-corrected chi connectivity index (χ3v) is 13.8. The molecule has 290 valence electrons. The van der Waals surface area contributed by atoms with Crippen molar-refractivity contribution in [1.29, 1.82) is 0 Å². The Morgan fingerprint density at radius 3 is 2.00 bits per heavy atom. The number of fused-ring (bicyclic) bond motifs is 9. The summed E-state index contributed by atoms with van der Waals surface area (Å²) in [5.41, 5.74) is 13.7. The van der Waals surface area contributed by atoms with Gasteiger partial charge >= 0.3 is 0 Å². The summed E-state index contributed by atoms with van der Waals surface area (Å²) in [6, 6.07) is 79.1. The summed E-state index contributed by atoms with van der Waals surface area (Å²) in [5, 5.41) is 7.49. The molecule has 0 atom stereocenters. The van der Waals surface area contributed by atoms with E-state index in [-0.39, 0.29) is 0 Å². The van der Waals surface area contributed by atoms with Gasteiger partial charge in [-0.2, -0.15) is 0 Å². The van der Waals surface area contributed by atoms with Gasteiger partial charge in [-0.1, -0.05) is 158 Å². The predicted molar refractivity (Wildman–Crippen MR) is 262 cm³/mol. The van der Waals surface area contributed by atoms with Gasteiger partial charge in [0.25, 0.3) is 0 Å². The maximum absolute atomic E-state index is 6.78. The molecule has 10 aromatic carbocycles. The lowest BCUT2D eigenvalue weighted by atomic mass is 9.97. The summed E-state index contributed by atoms with van der Waals surface area (Å²) in [4.78, 5) is 2.43. The monoisotopic (exact) mass is 808 g/mol. The summed E-state index contributed by atoms with van der Waals surface area (Å²) in [5.74, 6) is 1.76. The molecule has 0 saturated heterocycles. The lowest BCUT2D eigenvalue weighted by Crippen LogP contribution is -2.10. The van der Waals surface area contributed by atoms with E-state index in [9.17, 15) is 0 Å². The van der Waals surface area contributed by atoms with E-state index in [1.807, 2.05) is 17.4 Å². The molecule has 0 bridgehead atoms. The van der Waals surface area contributed by atoms with Crippen molar-refractivity contribution in [2.75, 3.05) is 4.90 Å². The lowest BCUT2D eigenvalue weighted by molar-refractivity contribution is 0.478. The van der Waals surface area contributed by atoms with E-state index in [1.165, 1.54) is 58.4 Å². The van der Waals surface area contributed by atoms with Crippen LogP contribution in [0.3, 0.4) is 0 Å². The molecule has 0 unspecified atom stereocenters. The van der Waals surface area contributed by atoms with Crippen LogP contribution in [0.1, 0.15) is 0 Å². The largest absolute Gasteiger partial charge is 0.452 e. The molecule has 0 fully saturated rings. The predicted octanol–water partition coefficient (Wildman–Crippen LogP) is 16.9. The molecule has 3 heterocycles. The number of para-hydroxylation sites is 3. The molecule has 3 nitrogen and oxygen atoms in total. The van der Waals surface area contributed by atoms with Crippen LogP contribution < -0.4 is 9.64 Å². The molecule has 0 spiro atoms. The molecule has 0 aliphatic carbocycles. The Morgan fingerprint density at radius 2 is 1.10 bits per heavy atom. The van der Waals surface area contributed by atoms with Crippen molar-refractivity contribution in [3.05, 3.63) is 218 Å². The molecular weight excluding hydrogens is 773 g/mol. The van der Waals surface area contributed by atoms with Crippen molar-refractivity contribution in [3.8, 4) is 50.6 Å². The van der Waals surface area contributed by atoms with Crippen LogP contribution in [0.2, 0.25) is 0 Å². The number of hydrogen-bond acceptors (Lipinski definition) is 3. The van der Waals surface area contributed by atoms with Gasteiger partial charge in [-0.25, -0.2) is 0 Å². The van der Waals surface area contributed by atoms with Gasteiger partial charge in [0, 0.05) is 43.2 Å². The smallest absolute Gasteiger partial charge is 0.160 e. The zero-order chi connectivity index (χ0) is 40.7. The molecular formula is C58H36N2OS. The van der Waals surface area contributed by atoms with Crippen molar-refractivity contribution in [2.45, 2.75) is 0 Å². The van der Waals surface area contributed by atoms with Gasteiger partial charge in [-0.05, 0) is 99.3 Å². The fourth-order valence-corrected chi connectivity index (χ4v) is 10.9. The van der Waals surface area contributed by atoms with Crippen LogP contribution in [-0.4, -0.2) is 4.57 Å². The molecule has 12 aromatic rings. The van der Waals surface area contributed by atoms with Crippen LogP contribution in [0.25, 0.3) is 91.8 Å². The number of anilines is 3. The highest BCUT2D eigenvalue weighted by molar-refractivity contribution is 7.26. The molecule has 0 radical (unpaired) electrons. The molecule has 2 aromatic heterocycles. The topological polar surface area (TPSA) is 17.4 Å². The molecule has 0 saturated carbocycles. The molecule has 1 aliphatic rings. The zero-order valence-electron chi connectivity index (χ0n) is 33.5. The molecule has 13 rings (SSSR count). The van der Waals surface area contributed by atoms with Crippen molar-refractivity contribution < 1.29 is 4.74 Å². The molecule has 1 aliphatic heterocycles. The Balaban J connectivity index is 0.917. The van der Waals surface area contributed by atoms with Crippen molar-refractivity contribution in [2.24, 2.45) is 0 Å². The van der Waals surface area contributed by atoms with E-state index >= 15 is 0 Å². The normalized spacial score (nSPS) is 12.0. The van der Waals surface area contributed by atoms with E-state index in [0.717, 1.165) is 62.0 Å².